The Morgan fingerprint density at radius 1 is 0.550 bits per heavy atom. The van der Waals surface area contributed by atoms with Crippen molar-refractivity contribution in [3.63, 3.8) is 0 Å². The Bertz CT molecular complexity index is 401. The van der Waals surface area contributed by atoms with E-state index >= 15 is 0 Å². The fourth-order valence-electron chi connectivity index (χ4n) is 2.61. The molecule has 0 aliphatic heterocycles. The van der Waals surface area contributed by atoms with E-state index in [0.29, 0.717) is 12.8 Å². The van der Waals surface area contributed by atoms with Crippen LogP contribution in [0.25, 0.3) is 0 Å². The first kappa shape index (κ1) is 16.2. The van der Waals surface area contributed by atoms with E-state index in [-0.39, 0.29) is 18.1 Å². The van der Waals surface area contributed by atoms with Crippen molar-refractivity contribution in [3.05, 3.63) is 0 Å². The first-order valence-corrected chi connectivity index (χ1v) is 7.01. The van der Waals surface area contributed by atoms with Crippen LogP contribution in [0.1, 0.15) is 51.4 Å². The minimum Gasteiger partial charge on any atom is -0.211 e. The summed E-state index contributed by atoms with van der Waals surface area (Å²) in [6, 6.07) is -0.209. The second-order valence-corrected chi connectivity index (χ2v) is 5.06. The Hall–Kier alpha value is -1.86. The van der Waals surface area contributed by atoms with Gasteiger partial charge in [0.25, 0.3) is 0 Å². The lowest BCUT2D eigenvalue weighted by molar-refractivity contribution is 0.469. The molecule has 0 aromatic rings. The van der Waals surface area contributed by atoms with Crippen molar-refractivity contribution in [1.29, 1.82) is 0 Å². The Balaban J connectivity index is 2.72. The number of isocyanates is 3. The van der Waals surface area contributed by atoms with E-state index < -0.39 is 0 Å². The highest BCUT2D eigenvalue weighted by molar-refractivity contribution is 5.34. The number of nitrogens with zero attached hydrogens (tertiary/aromatic N) is 3. The maximum atomic E-state index is 10.4. The monoisotopic (exact) mass is 277 g/mol. The van der Waals surface area contributed by atoms with Gasteiger partial charge >= 0.3 is 0 Å². The van der Waals surface area contributed by atoms with E-state index in [9.17, 15) is 14.4 Å². The molecule has 1 saturated carbocycles. The van der Waals surface area contributed by atoms with Gasteiger partial charge in [-0.2, -0.15) is 0 Å². The second-order valence-electron chi connectivity index (χ2n) is 5.06. The summed E-state index contributed by atoms with van der Waals surface area (Å²) in [5, 5.41) is 0. The van der Waals surface area contributed by atoms with Gasteiger partial charge in [0.1, 0.15) is 0 Å². The lowest BCUT2D eigenvalue weighted by atomic mass is 10.0. The fourth-order valence-corrected chi connectivity index (χ4v) is 2.61. The molecule has 0 aromatic carbocycles. The van der Waals surface area contributed by atoms with Crippen LogP contribution >= 0.6 is 0 Å². The van der Waals surface area contributed by atoms with Crippen LogP contribution in [0.3, 0.4) is 0 Å². The zero-order valence-corrected chi connectivity index (χ0v) is 11.5. The molecule has 0 N–H and O–H groups in total. The summed E-state index contributed by atoms with van der Waals surface area (Å²) in [7, 11) is 0. The van der Waals surface area contributed by atoms with Gasteiger partial charge in [0.15, 0.2) is 0 Å². The van der Waals surface area contributed by atoms with Crippen molar-refractivity contribution < 1.29 is 14.4 Å². The van der Waals surface area contributed by atoms with Gasteiger partial charge in [0.05, 0.1) is 18.1 Å². The summed E-state index contributed by atoms with van der Waals surface area (Å²) in [5.41, 5.74) is 0. The van der Waals surface area contributed by atoms with Crippen LogP contribution in [0.15, 0.2) is 15.0 Å². The molecule has 1 aliphatic carbocycles. The molecular formula is C14H19N3O3. The molecule has 0 amide bonds. The number of hydrogen-bond acceptors (Lipinski definition) is 6. The summed E-state index contributed by atoms with van der Waals surface area (Å²) in [4.78, 5) is 42.6. The van der Waals surface area contributed by atoms with Gasteiger partial charge in [0.2, 0.25) is 18.2 Å². The zero-order chi connectivity index (χ0) is 14.6. The van der Waals surface area contributed by atoms with Crippen LogP contribution < -0.4 is 0 Å². The highest BCUT2D eigenvalue weighted by Gasteiger charge is 2.17. The smallest absolute Gasteiger partial charge is 0.211 e. The second kappa shape index (κ2) is 9.99. The van der Waals surface area contributed by atoms with Crippen LogP contribution in [0.2, 0.25) is 0 Å². The molecular weight excluding hydrogens is 258 g/mol. The third-order valence-electron chi connectivity index (χ3n) is 3.69. The minimum absolute atomic E-state index is 0.0349. The highest BCUT2D eigenvalue weighted by Crippen LogP contribution is 2.22. The van der Waals surface area contributed by atoms with Crippen molar-refractivity contribution in [1.82, 2.24) is 0 Å². The van der Waals surface area contributed by atoms with Crippen LogP contribution in [-0.2, 0) is 14.4 Å². The maximum Gasteiger partial charge on any atom is 0.235 e. The van der Waals surface area contributed by atoms with Crippen molar-refractivity contribution in [2.24, 2.45) is 15.0 Å². The molecule has 0 saturated heterocycles. The third kappa shape index (κ3) is 6.35. The Labute approximate surface area is 118 Å². The number of aliphatic imine (C=N–C) groups is 3. The van der Waals surface area contributed by atoms with Crippen LogP contribution in [0, 0.1) is 0 Å². The molecule has 1 aliphatic rings. The van der Waals surface area contributed by atoms with Gasteiger partial charge in [-0.1, -0.05) is 0 Å². The summed E-state index contributed by atoms with van der Waals surface area (Å²) in [6.45, 7) is 0. The summed E-state index contributed by atoms with van der Waals surface area (Å²) in [5.74, 6) is 0. The summed E-state index contributed by atoms with van der Waals surface area (Å²) in [6.07, 6.45) is 11.1. The van der Waals surface area contributed by atoms with E-state index in [1.165, 1.54) is 0 Å². The SMILES string of the molecule is O=C=NC1CCCC(N=C=O)CCC(N=C=O)CCC1. The first-order chi connectivity index (χ1) is 9.80. The molecule has 0 bridgehead atoms. The summed E-state index contributed by atoms with van der Waals surface area (Å²) >= 11 is 0. The van der Waals surface area contributed by atoms with E-state index in [4.69, 9.17) is 0 Å². The molecule has 1 fully saturated rings. The zero-order valence-electron chi connectivity index (χ0n) is 11.5. The Morgan fingerprint density at radius 2 is 0.850 bits per heavy atom. The van der Waals surface area contributed by atoms with Gasteiger partial charge in [-0.15, -0.1) is 0 Å². The van der Waals surface area contributed by atoms with E-state index in [1.54, 1.807) is 18.2 Å². The lowest BCUT2D eigenvalue weighted by Gasteiger charge is -2.12. The van der Waals surface area contributed by atoms with Gasteiger partial charge in [-0.3, -0.25) is 0 Å². The fraction of sp³-hybridized carbons (Fsp3) is 0.786. The average molecular weight is 277 g/mol. The van der Waals surface area contributed by atoms with Crippen molar-refractivity contribution in [2.45, 2.75) is 69.5 Å². The molecule has 1 rings (SSSR count). The first-order valence-electron chi connectivity index (χ1n) is 7.01. The molecule has 108 valence electrons. The van der Waals surface area contributed by atoms with Crippen LogP contribution in [0.4, 0.5) is 0 Å². The van der Waals surface area contributed by atoms with Gasteiger partial charge < -0.3 is 0 Å². The maximum absolute atomic E-state index is 10.4. The average Bonchev–Trinajstić information content (AvgIpc) is 2.47. The quantitative estimate of drug-likeness (QED) is 0.585. The molecule has 2 atom stereocenters. The van der Waals surface area contributed by atoms with E-state index in [1.807, 2.05) is 0 Å². The molecule has 6 nitrogen and oxygen atoms in total. The van der Waals surface area contributed by atoms with E-state index in [2.05, 4.69) is 15.0 Å². The Morgan fingerprint density at radius 3 is 1.15 bits per heavy atom. The number of carbonyl (C=O) groups excluding carboxylic acids is 3. The van der Waals surface area contributed by atoms with Gasteiger partial charge in [-0.05, 0) is 51.4 Å². The molecule has 0 aromatic heterocycles. The normalized spacial score (nSPS) is 27.9. The standard InChI is InChI=1S/C14H19N3O3/c18-9-15-12-3-1-5-13(16-10-19)7-8-14(17-11-20)6-2-4-12/h12-14H,1-8H2. The molecule has 20 heavy (non-hydrogen) atoms. The highest BCUT2D eigenvalue weighted by atomic mass is 16.1. The van der Waals surface area contributed by atoms with Crippen LogP contribution in [0.5, 0.6) is 0 Å². The molecule has 0 radical (unpaired) electrons. The molecule has 6 heteroatoms. The third-order valence-corrected chi connectivity index (χ3v) is 3.69. The van der Waals surface area contributed by atoms with E-state index in [0.717, 1.165) is 38.5 Å². The topological polar surface area (TPSA) is 88.3 Å². The summed E-state index contributed by atoms with van der Waals surface area (Å²) < 4.78 is 0. The Kier molecular flexibility index (Phi) is 8.09. The van der Waals surface area contributed by atoms with Crippen molar-refractivity contribution >= 4 is 18.2 Å². The van der Waals surface area contributed by atoms with Gasteiger partial charge in [-0.25, -0.2) is 29.4 Å². The van der Waals surface area contributed by atoms with Crippen LogP contribution in [-0.4, -0.2) is 36.4 Å². The predicted octanol–water partition coefficient (Wildman–Crippen LogP) is 2.23. The predicted molar refractivity (Wildman–Crippen MR) is 72.7 cm³/mol. The number of rotatable bonds is 3. The minimum atomic E-state index is -0.0872. The molecule has 2 unspecified atom stereocenters. The molecule has 0 heterocycles. The number of hydrogen-bond donors (Lipinski definition) is 0. The van der Waals surface area contributed by atoms with Gasteiger partial charge in [0, 0.05) is 0 Å². The largest absolute Gasteiger partial charge is 0.235 e. The molecule has 0 spiro atoms. The van der Waals surface area contributed by atoms with Crippen molar-refractivity contribution in [2.75, 3.05) is 0 Å². The lowest BCUT2D eigenvalue weighted by Crippen LogP contribution is -2.10. The van der Waals surface area contributed by atoms with Crippen molar-refractivity contribution in [3.8, 4) is 0 Å².